The molecule has 1 aliphatic carbocycles. The predicted molar refractivity (Wildman–Crippen MR) is 111 cm³/mol. The molecule has 1 heterocycles. The van der Waals surface area contributed by atoms with Gasteiger partial charge in [0.2, 0.25) is 0 Å². The Morgan fingerprint density at radius 1 is 1.25 bits per heavy atom. The first-order valence-corrected chi connectivity index (χ1v) is 10.3. The first-order valence-electron chi connectivity index (χ1n) is 9.90. The van der Waals surface area contributed by atoms with Crippen LogP contribution in [0, 0.1) is 5.41 Å². The third-order valence-electron chi connectivity index (χ3n) is 5.39. The molecule has 1 aromatic carbocycles. The number of esters is 1. The summed E-state index contributed by atoms with van der Waals surface area (Å²) in [5.74, 6) is -0.695. The van der Waals surface area contributed by atoms with Crippen molar-refractivity contribution in [1.29, 1.82) is 0 Å². The van der Waals surface area contributed by atoms with E-state index >= 15 is 0 Å². The minimum Gasteiger partial charge on any atom is -0.462 e. The van der Waals surface area contributed by atoms with E-state index in [-0.39, 0.29) is 17.2 Å². The van der Waals surface area contributed by atoms with Gasteiger partial charge in [-0.05, 0) is 42.9 Å². The summed E-state index contributed by atoms with van der Waals surface area (Å²) in [4.78, 5) is 26.1. The monoisotopic (exact) mass is 401 g/mol. The topological polar surface area (TPSA) is 55.4 Å². The Labute approximate surface area is 172 Å². The van der Waals surface area contributed by atoms with Crippen LogP contribution in [0.5, 0.6) is 0 Å². The van der Waals surface area contributed by atoms with Crippen molar-refractivity contribution in [2.24, 2.45) is 5.41 Å². The standard InChI is InChI=1S/C23H28ClNO3/c1-5-6-11-28-22(27)19-14(2)25-17-12-23(3,4)13-18(26)21(17)20(19)15-7-9-16(24)10-8-15/h7-10,20,25H,5-6,11-13H2,1-4H3. The van der Waals surface area contributed by atoms with E-state index in [0.717, 1.165) is 36.2 Å². The largest absolute Gasteiger partial charge is 0.462 e. The van der Waals surface area contributed by atoms with Gasteiger partial charge in [-0.1, -0.05) is 50.9 Å². The Morgan fingerprint density at radius 3 is 2.57 bits per heavy atom. The molecule has 0 saturated carbocycles. The van der Waals surface area contributed by atoms with Crippen LogP contribution in [0.25, 0.3) is 0 Å². The number of unbranched alkanes of at least 4 members (excludes halogenated alkanes) is 1. The fraction of sp³-hybridized carbons (Fsp3) is 0.478. The van der Waals surface area contributed by atoms with E-state index in [2.05, 4.69) is 26.1 Å². The van der Waals surface area contributed by atoms with Gasteiger partial charge < -0.3 is 10.1 Å². The molecule has 0 saturated heterocycles. The fourth-order valence-corrected chi connectivity index (χ4v) is 4.21. The summed E-state index contributed by atoms with van der Waals surface area (Å²) >= 11 is 6.07. The predicted octanol–water partition coefficient (Wildman–Crippen LogP) is 5.29. The van der Waals surface area contributed by atoms with Crippen molar-refractivity contribution >= 4 is 23.4 Å². The molecule has 0 fully saturated rings. The van der Waals surface area contributed by atoms with E-state index in [1.165, 1.54) is 0 Å². The third-order valence-corrected chi connectivity index (χ3v) is 5.65. The Balaban J connectivity index is 2.07. The van der Waals surface area contributed by atoms with Gasteiger partial charge in [-0.2, -0.15) is 0 Å². The van der Waals surface area contributed by atoms with Gasteiger partial charge in [-0.15, -0.1) is 0 Å². The number of ketones is 1. The van der Waals surface area contributed by atoms with Crippen molar-refractivity contribution in [3.63, 3.8) is 0 Å². The highest BCUT2D eigenvalue weighted by Crippen LogP contribution is 2.46. The maximum Gasteiger partial charge on any atom is 0.336 e. The lowest BCUT2D eigenvalue weighted by molar-refractivity contribution is -0.139. The van der Waals surface area contributed by atoms with Crippen molar-refractivity contribution in [3.05, 3.63) is 57.4 Å². The SMILES string of the molecule is CCCCOC(=O)C1=C(C)NC2=C(C(=O)CC(C)(C)C2)C1c1ccc(Cl)cc1. The summed E-state index contributed by atoms with van der Waals surface area (Å²) in [6.07, 6.45) is 3.01. The second-order valence-corrected chi connectivity index (χ2v) is 8.91. The molecule has 150 valence electrons. The first-order chi connectivity index (χ1) is 13.2. The minimum atomic E-state index is -0.425. The van der Waals surface area contributed by atoms with Crippen LogP contribution < -0.4 is 5.32 Å². The summed E-state index contributed by atoms with van der Waals surface area (Å²) in [5.41, 5.74) is 3.66. The molecular formula is C23H28ClNO3. The van der Waals surface area contributed by atoms with Crippen LogP contribution >= 0.6 is 11.6 Å². The molecule has 1 aliphatic heterocycles. The number of Topliss-reactive ketones (excluding diaryl/α,β-unsaturated/α-hetero) is 1. The van der Waals surface area contributed by atoms with Gasteiger partial charge in [-0.25, -0.2) is 4.79 Å². The van der Waals surface area contributed by atoms with Gasteiger partial charge in [0.15, 0.2) is 5.78 Å². The highest BCUT2D eigenvalue weighted by molar-refractivity contribution is 6.30. The van der Waals surface area contributed by atoms with Crippen molar-refractivity contribution in [3.8, 4) is 0 Å². The Bertz CT molecular complexity index is 849. The molecule has 0 bridgehead atoms. The molecule has 4 nitrogen and oxygen atoms in total. The molecule has 0 amide bonds. The zero-order valence-corrected chi connectivity index (χ0v) is 17.8. The molecule has 1 N–H and O–H groups in total. The molecule has 0 radical (unpaired) electrons. The van der Waals surface area contributed by atoms with Crippen LogP contribution in [0.3, 0.4) is 0 Å². The number of carbonyl (C=O) groups excluding carboxylic acids is 2. The van der Waals surface area contributed by atoms with E-state index in [9.17, 15) is 9.59 Å². The number of allylic oxidation sites excluding steroid dienone is 3. The van der Waals surface area contributed by atoms with E-state index in [1.54, 1.807) is 12.1 Å². The van der Waals surface area contributed by atoms with Crippen LogP contribution in [-0.2, 0) is 14.3 Å². The second-order valence-electron chi connectivity index (χ2n) is 8.47. The van der Waals surface area contributed by atoms with Crippen molar-refractivity contribution < 1.29 is 14.3 Å². The number of carbonyl (C=O) groups is 2. The Morgan fingerprint density at radius 2 is 1.93 bits per heavy atom. The van der Waals surface area contributed by atoms with E-state index in [4.69, 9.17) is 16.3 Å². The maximum atomic E-state index is 13.1. The number of halogens is 1. The van der Waals surface area contributed by atoms with Crippen molar-refractivity contribution in [2.45, 2.75) is 59.3 Å². The zero-order chi connectivity index (χ0) is 20.5. The number of hydrogen-bond acceptors (Lipinski definition) is 4. The Hall–Kier alpha value is -2.07. The van der Waals surface area contributed by atoms with E-state index in [1.807, 2.05) is 19.1 Å². The maximum absolute atomic E-state index is 13.1. The van der Waals surface area contributed by atoms with Crippen LogP contribution in [0.15, 0.2) is 46.8 Å². The van der Waals surface area contributed by atoms with E-state index in [0.29, 0.717) is 29.2 Å². The van der Waals surface area contributed by atoms with Crippen LogP contribution in [0.4, 0.5) is 0 Å². The van der Waals surface area contributed by atoms with Crippen LogP contribution in [-0.4, -0.2) is 18.4 Å². The summed E-state index contributed by atoms with van der Waals surface area (Å²) < 4.78 is 5.53. The van der Waals surface area contributed by atoms with Crippen molar-refractivity contribution in [2.75, 3.05) is 6.61 Å². The molecule has 1 atom stereocenters. The molecule has 0 spiro atoms. The van der Waals surface area contributed by atoms with Gasteiger partial charge >= 0.3 is 5.97 Å². The van der Waals surface area contributed by atoms with Gasteiger partial charge in [0.1, 0.15) is 0 Å². The third kappa shape index (κ3) is 4.17. The van der Waals surface area contributed by atoms with Crippen LogP contribution in [0.1, 0.15) is 64.9 Å². The van der Waals surface area contributed by atoms with E-state index < -0.39 is 5.92 Å². The average Bonchev–Trinajstić information content (AvgIpc) is 2.60. The summed E-state index contributed by atoms with van der Waals surface area (Å²) in [6, 6.07) is 7.38. The highest BCUT2D eigenvalue weighted by Gasteiger charge is 2.43. The molecule has 1 aromatic rings. The number of rotatable bonds is 5. The van der Waals surface area contributed by atoms with Crippen LogP contribution in [0.2, 0.25) is 5.02 Å². The fourth-order valence-electron chi connectivity index (χ4n) is 4.08. The zero-order valence-electron chi connectivity index (χ0n) is 17.0. The number of dihydropyridines is 1. The van der Waals surface area contributed by atoms with Gasteiger partial charge in [-0.3, -0.25) is 4.79 Å². The lowest BCUT2D eigenvalue weighted by Crippen LogP contribution is -2.38. The number of benzene rings is 1. The summed E-state index contributed by atoms with van der Waals surface area (Å²) in [6.45, 7) is 8.51. The summed E-state index contributed by atoms with van der Waals surface area (Å²) in [7, 11) is 0. The molecule has 5 heteroatoms. The molecule has 3 rings (SSSR count). The minimum absolute atomic E-state index is 0.0880. The molecule has 28 heavy (non-hydrogen) atoms. The molecular weight excluding hydrogens is 374 g/mol. The smallest absolute Gasteiger partial charge is 0.336 e. The lowest BCUT2D eigenvalue weighted by Gasteiger charge is -2.39. The van der Waals surface area contributed by atoms with Gasteiger partial charge in [0.05, 0.1) is 12.2 Å². The van der Waals surface area contributed by atoms with Gasteiger partial charge in [0, 0.05) is 34.3 Å². The first kappa shape index (κ1) is 20.7. The number of nitrogens with one attached hydrogen (secondary N) is 1. The summed E-state index contributed by atoms with van der Waals surface area (Å²) in [5, 5.41) is 3.97. The number of hydrogen-bond donors (Lipinski definition) is 1. The number of ether oxygens (including phenoxy) is 1. The molecule has 2 aliphatic rings. The Kier molecular flexibility index (Phi) is 5.99. The quantitative estimate of drug-likeness (QED) is 0.538. The van der Waals surface area contributed by atoms with Crippen molar-refractivity contribution in [1.82, 2.24) is 5.32 Å². The second kappa shape index (κ2) is 8.12. The molecule has 0 aromatic heterocycles. The normalized spacial score (nSPS) is 21.3. The lowest BCUT2D eigenvalue weighted by atomic mass is 9.68. The molecule has 1 unspecified atom stereocenters. The highest BCUT2D eigenvalue weighted by atomic mass is 35.5. The average molecular weight is 402 g/mol. The van der Waals surface area contributed by atoms with Gasteiger partial charge in [0.25, 0.3) is 0 Å².